The predicted molar refractivity (Wildman–Crippen MR) is 126 cm³/mol. The molecule has 0 saturated heterocycles. The van der Waals surface area contributed by atoms with Crippen LogP contribution in [0.3, 0.4) is 0 Å². The summed E-state index contributed by atoms with van der Waals surface area (Å²) in [5.74, 6) is 0.394. The minimum Gasteiger partial charge on any atom is -0.321 e. The van der Waals surface area contributed by atoms with Crippen LogP contribution in [0.4, 0.5) is 5.69 Å². The number of aryl methyl sites for hydroxylation is 2. The van der Waals surface area contributed by atoms with E-state index in [4.69, 9.17) is 0 Å². The molecule has 0 fully saturated rings. The number of amides is 1. The van der Waals surface area contributed by atoms with E-state index in [1.807, 2.05) is 67.8 Å². The minimum atomic E-state index is -0.148. The monoisotopic (exact) mass is 457 g/mol. The highest BCUT2D eigenvalue weighted by Gasteiger charge is 2.11. The van der Waals surface area contributed by atoms with Crippen molar-refractivity contribution in [3.8, 4) is 0 Å². The molecule has 4 rings (SSSR count). The minimum absolute atomic E-state index is 0. The highest BCUT2D eigenvalue weighted by atomic mass is 35.5. The van der Waals surface area contributed by atoms with Crippen molar-refractivity contribution in [2.24, 2.45) is 0 Å². The lowest BCUT2D eigenvalue weighted by atomic mass is 10.1. The number of halogens is 1. The Morgan fingerprint density at radius 1 is 1.13 bits per heavy atom. The molecule has 4 aromatic rings. The van der Waals surface area contributed by atoms with Gasteiger partial charge in [-0.05, 0) is 38.1 Å². The van der Waals surface area contributed by atoms with Gasteiger partial charge in [-0.25, -0.2) is 4.98 Å². The van der Waals surface area contributed by atoms with Gasteiger partial charge in [-0.3, -0.25) is 14.0 Å². The SMILES string of the molecule is Cc1ccc(C(=O)Nc2ccccc2SCc2cc(=O)n3c(C)csc3n2)cc1.Cl. The third-order valence-electron chi connectivity index (χ3n) is 4.45. The van der Waals surface area contributed by atoms with Crippen LogP contribution in [0.1, 0.15) is 27.3 Å². The maximum absolute atomic E-state index is 12.6. The lowest BCUT2D eigenvalue weighted by Gasteiger charge is -2.11. The number of carbonyl (C=O) groups excluding carboxylic acids is 1. The van der Waals surface area contributed by atoms with Crippen molar-refractivity contribution in [1.29, 1.82) is 0 Å². The van der Waals surface area contributed by atoms with Gasteiger partial charge >= 0.3 is 0 Å². The van der Waals surface area contributed by atoms with Crippen LogP contribution in [0.2, 0.25) is 0 Å². The van der Waals surface area contributed by atoms with Gasteiger partial charge in [0.1, 0.15) is 0 Å². The summed E-state index contributed by atoms with van der Waals surface area (Å²) in [5.41, 5.74) is 4.02. The number of nitrogens with one attached hydrogen (secondary N) is 1. The Labute approximate surface area is 188 Å². The highest BCUT2D eigenvalue weighted by molar-refractivity contribution is 7.98. The van der Waals surface area contributed by atoms with Gasteiger partial charge in [0.05, 0.1) is 11.4 Å². The summed E-state index contributed by atoms with van der Waals surface area (Å²) in [5, 5.41) is 4.91. The van der Waals surface area contributed by atoms with Gasteiger partial charge in [-0.15, -0.1) is 35.5 Å². The summed E-state index contributed by atoms with van der Waals surface area (Å²) in [4.78, 5) is 31.1. The van der Waals surface area contributed by atoms with E-state index in [1.165, 1.54) is 11.3 Å². The third-order valence-corrected chi connectivity index (χ3v) is 6.50. The number of benzene rings is 2. The average molecular weight is 458 g/mol. The van der Waals surface area contributed by atoms with Crippen molar-refractivity contribution in [2.75, 3.05) is 5.32 Å². The number of nitrogens with zero attached hydrogens (tertiary/aromatic N) is 2. The molecule has 0 bridgehead atoms. The number of hydrogen-bond acceptors (Lipinski definition) is 5. The maximum atomic E-state index is 12.6. The molecule has 1 N–H and O–H groups in total. The molecular formula is C22H20ClN3O2S2. The Kier molecular flexibility index (Phi) is 6.97. The summed E-state index contributed by atoms with van der Waals surface area (Å²) in [6.07, 6.45) is 0. The molecule has 0 aliphatic heterocycles. The smallest absolute Gasteiger partial charge is 0.258 e. The van der Waals surface area contributed by atoms with Crippen LogP contribution in [-0.4, -0.2) is 15.3 Å². The van der Waals surface area contributed by atoms with E-state index in [0.717, 1.165) is 27.5 Å². The first-order valence-corrected chi connectivity index (χ1v) is 10.9. The molecular weight excluding hydrogens is 438 g/mol. The van der Waals surface area contributed by atoms with Crippen molar-refractivity contribution < 1.29 is 4.79 Å². The predicted octanol–water partition coefficient (Wildman–Crippen LogP) is 5.34. The molecule has 154 valence electrons. The fraction of sp³-hybridized carbons (Fsp3) is 0.136. The number of hydrogen-bond donors (Lipinski definition) is 1. The molecule has 5 nitrogen and oxygen atoms in total. The standard InChI is InChI=1S/C22H19N3O2S2.ClH/c1-14-7-9-16(10-8-14)21(27)24-18-5-3-4-6-19(18)28-13-17-11-20(26)25-15(2)12-29-22(25)23-17;/h3-12H,13H2,1-2H3,(H,24,27);1H. The Balaban J connectivity index is 0.00000256. The largest absolute Gasteiger partial charge is 0.321 e. The third kappa shape index (κ3) is 4.75. The van der Waals surface area contributed by atoms with Gasteiger partial charge < -0.3 is 5.32 Å². The highest BCUT2D eigenvalue weighted by Crippen LogP contribution is 2.30. The van der Waals surface area contributed by atoms with E-state index in [9.17, 15) is 9.59 Å². The Bertz CT molecular complexity index is 1250. The van der Waals surface area contributed by atoms with Crippen LogP contribution < -0.4 is 10.9 Å². The maximum Gasteiger partial charge on any atom is 0.258 e. The lowest BCUT2D eigenvalue weighted by Crippen LogP contribution is -2.14. The summed E-state index contributed by atoms with van der Waals surface area (Å²) in [6, 6.07) is 16.7. The van der Waals surface area contributed by atoms with Crippen LogP contribution in [0.15, 0.2) is 69.7 Å². The summed E-state index contributed by atoms with van der Waals surface area (Å²) >= 11 is 3.00. The number of fused-ring (bicyclic) bond motifs is 1. The van der Waals surface area contributed by atoms with E-state index in [0.29, 0.717) is 16.3 Å². The zero-order valence-electron chi connectivity index (χ0n) is 16.4. The normalized spacial score (nSPS) is 10.6. The van der Waals surface area contributed by atoms with E-state index >= 15 is 0 Å². The Morgan fingerprint density at radius 3 is 2.63 bits per heavy atom. The molecule has 2 heterocycles. The quantitative estimate of drug-likeness (QED) is 0.411. The number of carbonyl (C=O) groups is 1. The van der Waals surface area contributed by atoms with Crippen LogP contribution in [0, 0.1) is 13.8 Å². The van der Waals surface area contributed by atoms with Crippen LogP contribution >= 0.6 is 35.5 Å². The molecule has 0 aliphatic carbocycles. The summed E-state index contributed by atoms with van der Waals surface area (Å²) < 4.78 is 1.62. The molecule has 1 amide bonds. The Morgan fingerprint density at radius 2 is 1.87 bits per heavy atom. The fourth-order valence-electron chi connectivity index (χ4n) is 2.92. The molecule has 0 unspecified atom stereocenters. The first kappa shape index (κ1) is 22.1. The van der Waals surface area contributed by atoms with E-state index < -0.39 is 0 Å². The van der Waals surface area contributed by atoms with E-state index in [-0.39, 0.29) is 23.9 Å². The first-order valence-electron chi connectivity index (χ1n) is 9.08. The number of aromatic nitrogens is 2. The molecule has 0 saturated carbocycles. The van der Waals surface area contributed by atoms with Gasteiger partial charge in [-0.1, -0.05) is 29.8 Å². The number of thiazole rings is 1. The Hall–Kier alpha value is -2.61. The van der Waals surface area contributed by atoms with E-state index in [2.05, 4.69) is 10.3 Å². The van der Waals surface area contributed by atoms with Crippen LogP contribution in [-0.2, 0) is 5.75 Å². The fourth-order valence-corrected chi connectivity index (χ4v) is 4.71. The van der Waals surface area contributed by atoms with Crippen molar-refractivity contribution in [2.45, 2.75) is 24.5 Å². The number of thioether (sulfide) groups is 1. The van der Waals surface area contributed by atoms with Gasteiger partial charge in [0.2, 0.25) is 0 Å². The van der Waals surface area contributed by atoms with Crippen LogP contribution in [0.5, 0.6) is 0 Å². The van der Waals surface area contributed by atoms with Gasteiger partial charge in [-0.2, -0.15) is 0 Å². The second-order valence-corrected chi connectivity index (χ2v) is 8.54. The van der Waals surface area contributed by atoms with Crippen molar-refractivity contribution in [1.82, 2.24) is 9.38 Å². The summed E-state index contributed by atoms with van der Waals surface area (Å²) in [6.45, 7) is 3.89. The second kappa shape index (κ2) is 9.47. The molecule has 2 aromatic heterocycles. The van der Waals surface area contributed by atoms with Gasteiger partial charge in [0.25, 0.3) is 11.5 Å². The second-order valence-electron chi connectivity index (χ2n) is 6.69. The zero-order valence-corrected chi connectivity index (χ0v) is 18.9. The molecule has 8 heteroatoms. The first-order chi connectivity index (χ1) is 14.0. The van der Waals surface area contributed by atoms with Gasteiger partial charge in [0.15, 0.2) is 4.96 Å². The average Bonchev–Trinajstić information content (AvgIpc) is 3.09. The van der Waals surface area contributed by atoms with Crippen molar-refractivity contribution in [3.05, 3.63) is 92.8 Å². The summed E-state index contributed by atoms with van der Waals surface area (Å²) in [7, 11) is 0. The van der Waals surface area contributed by atoms with Crippen molar-refractivity contribution >= 4 is 52.1 Å². The molecule has 0 atom stereocenters. The number of para-hydroxylation sites is 1. The zero-order chi connectivity index (χ0) is 20.4. The number of rotatable bonds is 5. The molecule has 0 spiro atoms. The van der Waals surface area contributed by atoms with Gasteiger partial charge in [0, 0.05) is 33.4 Å². The lowest BCUT2D eigenvalue weighted by molar-refractivity contribution is 0.102. The van der Waals surface area contributed by atoms with Crippen molar-refractivity contribution in [3.63, 3.8) is 0 Å². The molecule has 0 aliphatic rings. The number of anilines is 1. The molecule has 0 radical (unpaired) electrons. The van der Waals surface area contributed by atoms with E-state index in [1.54, 1.807) is 22.2 Å². The van der Waals surface area contributed by atoms with Crippen LogP contribution in [0.25, 0.3) is 4.96 Å². The molecule has 30 heavy (non-hydrogen) atoms. The topological polar surface area (TPSA) is 63.5 Å². The molecule has 2 aromatic carbocycles.